The van der Waals surface area contributed by atoms with Crippen LogP contribution in [0.25, 0.3) is 16.6 Å². The van der Waals surface area contributed by atoms with Crippen LogP contribution in [0.15, 0.2) is 83.7 Å². The lowest BCUT2D eigenvalue weighted by Crippen LogP contribution is -2.55. The molecule has 0 radical (unpaired) electrons. The Balaban J connectivity index is 1.56. The van der Waals surface area contributed by atoms with E-state index in [1.54, 1.807) is 0 Å². The highest BCUT2D eigenvalue weighted by Gasteiger charge is 2.46. The van der Waals surface area contributed by atoms with E-state index in [9.17, 15) is 4.79 Å². The van der Waals surface area contributed by atoms with Crippen LogP contribution in [0.4, 0.5) is 17.1 Å². The molecule has 0 unspecified atom stereocenters. The summed E-state index contributed by atoms with van der Waals surface area (Å²) in [4.78, 5) is 16.3. The molecular weight excluding hydrogens is 405 g/mol. The Morgan fingerprint density at radius 3 is 2.48 bits per heavy atom. The molecule has 0 N–H and O–H groups in total. The van der Waals surface area contributed by atoms with E-state index < -0.39 is 0 Å². The van der Waals surface area contributed by atoms with Crippen molar-refractivity contribution in [2.24, 2.45) is 0 Å². The van der Waals surface area contributed by atoms with Crippen molar-refractivity contribution in [3.05, 3.63) is 106 Å². The average molecular weight is 425 g/mol. The monoisotopic (exact) mass is 425 g/mol. The number of rotatable bonds is 0. The van der Waals surface area contributed by atoms with Gasteiger partial charge < -0.3 is 4.90 Å². The normalized spacial score (nSPS) is 14.6. The zero-order valence-electron chi connectivity index (χ0n) is 18.2. The first-order valence-corrected chi connectivity index (χ1v) is 11.6. The summed E-state index contributed by atoms with van der Waals surface area (Å²) in [5, 5.41) is 0.792. The highest BCUT2D eigenvalue weighted by molar-refractivity contribution is 6.88. The molecule has 0 aliphatic carbocycles. The van der Waals surface area contributed by atoms with Crippen LogP contribution in [-0.4, -0.2) is 16.1 Å². The molecule has 0 amide bonds. The SMILES string of the molecule is Cc1ccc2c(c1)c(=O)n1n2-c2ccc3c4c2B1c1ccccc1N4c1ccccc1CC3. The molecule has 8 rings (SSSR count). The summed E-state index contributed by atoms with van der Waals surface area (Å²) in [5.41, 5.74) is 12.1. The standard InChI is InChI=1S/C28H20BN3O/c1-17-10-14-23-20(16-17)28(33)32-29-21-7-3-5-9-24(21)30-22-8-4-2-6-18(22)11-12-19-13-15-25(31(23)32)26(29)27(19)30/h2-10,13-16H,11-12H2,1H3. The van der Waals surface area contributed by atoms with Crippen LogP contribution in [0.1, 0.15) is 16.7 Å². The summed E-state index contributed by atoms with van der Waals surface area (Å²) in [7, 11) is 0. The van der Waals surface area contributed by atoms with Crippen LogP contribution in [0, 0.1) is 6.92 Å². The van der Waals surface area contributed by atoms with Gasteiger partial charge in [0, 0.05) is 22.5 Å². The number of hydrogen-bond donors (Lipinski definition) is 0. The lowest BCUT2D eigenvalue weighted by Gasteiger charge is -2.36. The van der Waals surface area contributed by atoms with Crippen LogP contribution in [0.5, 0.6) is 0 Å². The van der Waals surface area contributed by atoms with E-state index in [1.807, 2.05) is 17.6 Å². The highest BCUT2D eigenvalue weighted by atomic mass is 16.1. The van der Waals surface area contributed by atoms with Crippen LogP contribution >= 0.6 is 0 Å². The zero-order chi connectivity index (χ0) is 21.8. The molecule has 4 aromatic carbocycles. The molecule has 0 spiro atoms. The van der Waals surface area contributed by atoms with E-state index in [-0.39, 0.29) is 12.4 Å². The second-order valence-corrected chi connectivity index (χ2v) is 9.41. The number of anilines is 3. The topological polar surface area (TPSA) is 30.2 Å². The highest BCUT2D eigenvalue weighted by Crippen LogP contribution is 2.44. The van der Waals surface area contributed by atoms with Crippen molar-refractivity contribution < 1.29 is 0 Å². The molecule has 0 saturated heterocycles. The minimum Gasteiger partial charge on any atom is -0.311 e. The van der Waals surface area contributed by atoms with Gasteiger partial charge in [-0.2, -0.15) is 0 Å². The van der Waals surface area contributed by atoms with Crippen molar-refractivity contribution in [2.75, 3.05) is 4.90 Å². The van der Waals surface area contributed by atoms with Gasteiger partial charge in [0.15, 0.2) is 0 Å². The number of nitrogens with zero attached hydrogens (tertiary/aromatic N) is 3. The second kappa shape index (κ2) is 5.87. The fourth-order valence-corrected chi connectivity index (χ4v) is 6.29. The van der Waals surface area contributed by atoms with Gasteiger partial charge in [0.2, 0.25) is 0 Å². The van der Waals surface area contributed by atoms with Gasteiger partial charge in [0.05, 0.1) is 16.6 Å². The Morgan fingerprint density at radius 2 is 1.58 bits per heavy atom. The lowest BCUT2D eigenvalue weighted by atomic mass is 9.48. The maximum absolute atomic E-state index is 13.8. The van der Waals surface area contributed by atoms with Gasteiger partial charge in [-0.25, -0.2) is 0 Å². The molecule has 156 valence electrons. The maximum atomic E-state index is 13.8. The first-order chi connectivity index (χ1) is 16.2. The quantitative estimate of drug-likeness (QED) is 0.345. The summed E-state index contributed by atoms with van der Waals surface area (Å²) in [5.74, 6) is 0. The van der Waals surface area contributed by atoms with E-state index >= 15 is 0 Å². The van der Waals surface area contributed by atoms with Crippen molar-refractivity contribution in [3.8, 4) is 5.69 Å². The van der Waals surface area contributed by atoms with Crippen LogP contribution in [0.2, 0.25) is 0 Å². The molecule has 3 aliphatic rings. The molecule has 33 heavy (non-hydrogen) atoms. The maximum Gasteiger partial charge on any atom is 0.357 e. The van der Waals surface area contributed by atoms with Crippen molar-refractivity contribution in [3.63, 3.8) is 0 Å². The minimum absolute atomic E-state index is 0.0842. The summed E-state index contributed by atoms with van der Waals surface area (Å²) in [6.07, 6.45) is 2.01. The van der Waals surface area contributed by atoms with Crippen molar-refractivity contribution in [2.45, 2.75) is 19.8 Å². The summed E-state index contributed by atoms with van der Waals surface area (Å²) < 4.78 is 4.15. The Bertz CT molecular complexity index is 1730. The second-order valence-electron chi connectivity index (χ2n) is 9.41. The molecule has 3 aliphatic heterocycles. The first kappa shape index (κ1) is 17.6. The van der Waals surface area contributed by atoms with Crippen molar-refractivity contribution in [1.82, 2.24) is 9.27 Å². The van der Waals surface area contributed by atoms with E-state index in [0.29, 0.717) is 0 Å². The number of para-hydroxylation sites is 2. The van der Waals surface area contributed by atoms with E-state index in [1.165, 1.54) is 39.1 Å². The number of aromatic nitrogens is 2. The van der Waals surface area contributed by atoms with Gasteiger partial charge in [-0.1, -0.05) is 54.1 Å². The third kappa shape index (κ3) is 2.01. The minimum atomic E-state index is -0.118. The molecule has 5 heteroatoms. The third-order valence-electron chi connectivity index (χ3n) is 7.65. The number of benzene rings is 4. The van der Waals surface area contributed by atoms with Crippen LogP contribution in [-0.2, 0) is 12.8 Å². The molecule has 1 aromatic heterocycles. The molecule has 0 saturated carbocycles. The Morgan fingerprint density at radius 1 is 0.788 bits per heavy atom. The molecule has 0 fully saturated rings. The summed E-state index contributed by atoms with van der Waals surface area (Å²) >= 11 is 0. The van der Waals surface area contributed by atoms with Gasteiger partial charge in [-0.15, -0.1) is 0 Å². The Labute approximate surface area is 191 Å². The first-order valence-electron chi connectivity index (χ1n) is 11.6. The van der Waals surface area contributed by atoms with E-state index in [0.717, 1.165) is 35.0 Å². The van der Waals surface area contributed by atoms with E-state index in [2.05, 4.69) is 82.4 Å². The van der Waals surface area contributed by atoms with Gasteiger partial charge >= 0.3 is 6.85 Å². The van der Waals surface area contributed by atoms with Crippen LogP contribution < -0.4 is 21.4 Å². The molecule has 0 atom stereocenters. The van der Waals surface area contributed by atoms with Gasteiger partial charge in [0.25, 0.3) is 5.56 Å². The van der Waals surface area contributed by atoms with Crippen molar-refractivity contribution in [1.29, 1.82) is 0 Å². The van der Waals surface area contributed by atoms with E-state index in [4.69, 9.17) is 0 Å². The number of hydrogen-bond acceptors (Lipinski definition) is 2. The molecule has 5 aromatic rings. The van der Waals surface area contributed by atoms with Crippen molar-refractivity contribution >= 4 is 45.7 Å². The predicted octanol–water partition coefficient (Wildman–Crippen LogP) is 3.95. The Kier molecular flexibility index (Phi) is 3.12. The molecular formula is C28H20BN3O. The third-order valence-corrected chi connectivity index (χ3v) is 7.65. The number of aryl methyl sites for hydroxylation is 3. The van der Waals surface area contributed by atoms with Crippen LogP contribution in [0.3, 0.4) is 0 Å². The average Bonchev–Trinajstić information content (AvgIpc) is 3.26. The molecule has 4 nitrogen and oxygen atoms in total. The summed E-state index contributed by atoms with van der Waals surface area (Å²) in [6, 6.07) is 28.1. The van der Waals surface area contributed by atoms with Gasteiger partial charge in [-0.05, 0) is 66.7 Å². The fourth-order valence-electron chi connectivity index (χ4n) is 6.29. The Hall–Kier alpha value is -3.99. The predicted molar refractivity (Wildman–Crippen MR) is 135 cm³/mol. The van der Waals surface area contributed by atoms with Gasteiger partial charge in [0.1, 0.15) is 0 Å². The largest absolute Gasteiger partial charge is 0.357 e. The summed E-state index contributed by atoms with van der Waals surface area (Å²) in [6.45, 7) is 1.93. The smallest absolute Gasteiger partial charge is 0.311 e. The fraction of sp³-hybridized carbons (Fsp3) is 0.107. The lowest BCUT2D eigenvalue weighted by molar-refractivity contribution is 0.829. The number of fused-ring (bicyclic) bond motifs is 10. The molecule has 4 heterocycles. The zero-order valence-corrected chi connectivity index (χ0v) is 18.2. The molecule has 0 bridgehead atoms. The van der Waals surface area contributed by atoms with Gasteiger partial charge in [-0.3, -0.25) is 14.1 Å².